The van der Waals surface area contributed by atoms with E-state index in [1.165, 1.54) is 16.8 Å². The molecule has 0 spiro atoms. The molecule has 0 unspecified atom stereocenters. The number of hydrogen-bond acceptors (Lipinski definition) is 5. The Balaban J connectivity index is 1.64. The lowest BCUT2D eigenvalue weighted by Crippen LogP contribution is -2.23. The highest BCUT2D eigenvalue weighted by Crippen LogP contribution is 2.24. The van der Waals surface area contributed by atoms with E-state index in [9.17, 15) is 15.0 Å². The number of aliphatic hydroxyl groups is 1. The standard InChI is InChI=1S/C22H20N4O3/c1-14(27)17-10-6-5-9-16(17)12-23-22(29)18-13-24-26-20(28)11-19(25-21(18)26)15-7-3-2-4-8-15/h2-11,13-14,27-28H,12H2,1H3,(H,23,29)/t14-/m1/s1. The molecule has 2 aromatic carbocycles. The van der Waals surface area contributed by atoms with Gasteiger partial charge in [0.2, 0.25) is 5.88 Å². The molecule has 3 N–H and O–H groups in total. The zero-order valence-electron chi connectivity index (χ0n) is 15.8. The Labute approximate surface area is 167 Å². The van der Waals surface area contributed by atoms with E-state index in [2.05, 4.69) is 15.4 Å². The summed E-state index contributed by atoms with van der Waals surface area (Å²) in [7, 11) is 0. The van der Waals surface area contributed by atoms with Gasteiger partial charge in [0, 0.05) is 18.2 Å². The zero-order valence-corrected chi connectivity index (χ0v) is 15.8. The summed E-state index contributed by atoms with van der Waals surface area (Å²) in [5.41, 5.74) is 3.48. The fourth-order valence-electron chi connectivity index (χ4n) is 3.24. The van der Waals surface area contributed by atoms with Gasteiger partial charge in [-0.3, -0.25) is 4.79 Å². The highest BCUT2D eigenvalue weighted by atomic mass is 16.3. The molecule has 2 aromatic heterocycles. The van der Waals surface area contributed by atoms with Gasteiger partial charge in [-0.2, -0.15) is 9.61 Å². The molecular formula is C22H20N4O3. The number of carbonyl (C=O) groups excluding carboxylic acids is 1. The highest BCUT2D eigenvalue weighted by molar-refractivity contribution is 6.00. The van der Waals surface area contributed by atoms with E-state index in [0.29, 0.717) is 5.69 Å². The number of carbonyl (C=O) groups is 1. The first-order chi connectivity index (χ1) is 14.0. The third-order valence-corrected chi connectivity index (χ3v) is 4.71. The van der Waals surface area contributed by atoms with Gasteiger partial charge >= 0.3 is 0 Å². The molecular weight excluding hydrogens is 368 g/mol. The van der Waals surface area contributed by atoms with Crippen molar-refractivity contribution in [1.29, 1.82) is 0 Å². The van der Waals surface area contributed by atoms with Crippen LogP contribution in [0.25, 0.3) is 16.9 Å². The van der Waals surface area contributed by atoms with Crippen LogP contribution in [0.4, 0.5) is 0 Å². The van der Waals surface area contributed by atoms with Crippen molar-refractivity contribution in [2.45, 2.75) is 19.6 Å². The van der Waals surface area contributed by atoms with E-state index in [4.69, 9.17) is 0 Å². The zero-order chi connectivity index (χ0) is 20.4. The Morgan fingerprint density at radius 3 is 2.62 bits per heavy atom. The summed E-state index contributed by atoms with van der Waals surface area (Å²) < 4.78 is 1.23. The summed E-state index contributed by atoms with van der Waals surface area (Å²) in [5, 5.41) is 27.1. The first-order valence-electron chi connectivity index (χ1n) is 9.22. The molecule has 4 aromatic rings. The third-order valence-electron chi connectivity index (χ3n) is 4.71. The molecule has 4 rings (SSSR count). The Hall–Kier alpha value is -3.71. The maximum absolute atomic E-state index is 12.8. The average molecular weight is 388 g/mol. The van der Waals surface area contributed by atoms with Gasteiger partial charge in [0.25, 0.3) is 5.91 Å². The van der Waals surface area contributed by atoms with E-state index < -0.39 is 6.10 Å². The smallest absolute Gasteiger partial charge is 0.257 e. The quantitative estimate of drug-likeness (QED) is 0.488. The van der Waals surface area contributed by atoms with E-state index in [-0.39, 0.29) is 29.5 Å². The number of nitrogens with one attached hydrogen (secondary N) is 1. The molecule has 1 amide bonds. The number of nitrogens with zero attached hydrogens (tertiary/aromatic N) is 3. The van der Waals surface area contributed by atoms with E-state index in [1.54, 1.807) is 6.92 Å². The van der Waals surface area contributed by atoms with Crippen LogP contribution in [0.1, 0.15) is 34.5 Å². The minimum atomic E-state index is -0.632. The van der Waals surface area contributed by atoms with Crippen molar-refractivity contribution in [3.8, 4) is 17.1 Å². The van der Waals surface area contributed by atoms with Crippen LogP contribution in [0.15, 0.2) is 66.9 Å². The van der Waals surface area contributed by atoms with Crippen LogP contribution in [-0.2, 0) is 6.54 Å². The van der Waals surface area contributed by atoms with Crippen molar-refractivity contribution in [2.75, 3.05) is 0 Å². The van der Waals surface area contributed by atoms with Gasteiger partial charge in [-0.25, -0.2) is 4.98 Å². The molecule has 0 aliphatic carbocycles. The fraction of sp³-hybridized carbons (Fsp3) is 0.136. The molecule has 2 heterocycles. The molecule has 29 heavy (non-hydrogen) atoms. The molecule has 7 heteroatoms. The summed E-state index contributed by atoms with van der Waals surface area (Å²) in [6.45, 7) is 1.94. The van der Waals surface area contributed by atoms with Gasteiger partial charge in [-0.15, -0.1) is 0 Å². The molecule has 0 saturated carbocycles. The predicted octanol–water partition coefficient (Wildman–Crippen LogP) is 3.09. The number of rotatable bonds is 5. The number of fused-ring (bicyclic) bond motifs is 1. The lowest BCUT2D eigenvalue weighted by Gasteiger charge is -2.12. The number of aromatic hydroxyl groups is 1. The van der Waals surface area contributed by atoms with Crippen LogP contribution in [0.3, 0.4) is 0 Å². The summed E-state index contributed by atoms with van der Waals surface area (Å²) in [6, 6.07) is 18.3. The van der Waals surface area contributed by atoms with Crippen molar-refractivity contribution >= 4 is 11.6 Å². The van der Waals surface area contributed by atoms with Gasteiger partial charge < -0.3 is 15.5 Å². The van der Waals surface area contributed by atoms with Crippen molar-refractivity contribution in [3.63, 3.8) is 0 Å². The second-order valence-corrected chi connectivity index (χ2v) is 6.72. The predicted molar refractivity (Wildman–Crippen MR) is 108 cm³/mol. The SMILES string of the molecule is C[C@@H](O)c1ccccc1CNC(=O)c1cnn2c(O)cc(-c3ccccc3)nc12. The summed E-state index contributed by atoms with van der Waals surface area (Å²) >= 11 is 0. The number of aliphatic hydroxyl groups excluding tert-OH is 1. The first kappa shape index (κ1) is 18.6. The Morgan fingerprint density at radius 1 is 1.14 bits per heavy atom. The molecule has 0 radical (unpaired) electrons. The minimum Gasteiger partial charge on any atom is -0.493 e. The Morgan fingerprint density at radius 2 is 1.86 bits per heavy atom. The molecule has 0 aliphatic heterocycles. The monoisotopic (exact) mass is 388 g/mol. The first-order valence-corrected chi connectivity index (χ1v) is 9.22. The fourth-order valence-corrected chi connectivity index (χ4v) is 3.24. The van der Waals surface area contributed by atoms with Crippen LogP contribution in [0, 0.1) is 0 Å². The second kappa shape index (κ2) is 7.73. The number of amides is 1. The third kappa shape index (κ3) is 3.68. The summed E-state index contributed by atoms with van der Waals surface area (Å²) in [5.74, 6) is -0.468. The van der Waals surface area contributed by atoms with Crippen LogP contribution in [0.5, 0.6) is 5.88 Å². The molecule has 1 atom stereocenters. The van der Waals surface area contributed by atoms with Crippen molar-refractivity contribution in [3.05, 3.63) is 83.6 Å². The van der Waals surface area contributed by atoms with Crippen LogP contribution in [0.2, 0.25) is 0 Å². The molecule has 146 valence electrons. The van der Waals surface area contributed by atoms with Gasteiger partial charge in [-0.05, 0) is 18.1 Å². The van der Waals surface area contributed by atoms with Gasteiger partial charge in [-0.1, -0.05) is 54.6 Å². The largest absolute Gasteiger partial charge is 0.493 e. The maximum atomic E-state index is 12.8. The lowest BCUT2D eigenvalue weighted by atomic mass is 10.0. The maximum Gasteiger partial charge on any atom is 0.257 e. The Bertz CT molecular complexity index is 1170. The average Bonchev–Trinajstić information content (AvgIpc) is 3.17. The summed E-state index contributed by atoms with van der Waals surface area (Å²) in [4.78, 5) is 17.3. The van der Waals surface area contributed by atoms with Crippen LogP contribution < -0.4 is 5.32 Å². The van der Waals surface area contributed by atoms with Crippen molar-refractivity contribution in [1.82, 2.24) is 19.9 Å². The Kier molecular flexibility index (Phi) is 4.97. The molecule has 0 fully saturated rings. The van der Waals surface area contributed by atoms with Gasteiger partial charge in [0.15, 0.2) is 5.65 Å². The van der Waals surface area contributed by atoms with Crippen LogP contribution in [-0.4, -0.2) is 30.7 Å². The lowest BCUT2D eigenvalue weighted by molar-refractivity contribution is 0.0951. The normalized spacial score (nSPS) is 12.1. The molecule has 7 nitrogen and oxygen atoms in total. The minimum absolute atomic E-state index is 0.104. The number of hydrogen-bond donors (Lipinski definition) is 3. The van der Waals surface area contributed by atoms with Gasteiger partial charge in [0.05, 0.1) is 18.0 Å². The molecule has 0 bridgehead atoms. The van der Waals surface area contributed by atoms with E-state index in [0.717, 1.165) is 16.7 Å². The topological polar surface area (TPSA) is 99.8 Å². The van der Waals surface area contributed by atoms with E-state index >= 15 is 0 Å². The van der Waals surface area contributed by atoms with Gasteiger partial charge in [0.1, 0.15) is 5.56 Å². The number of benzene rings is 2. The number of aromatic nitrogens is 3. The van der Waals surface area contributed by atoms with Crippen molar-refractivity contribution < 1.29 is 15.0 Å². The molecule has 0 aliphatic rings. The highest BCUT2D eigenvalue weighted by Gasteiger charge is 2.18. The van der Waals surface area contributed by atoms with E-state index in [1.807, 2.05) is 54.6 Å². The van der Waals surface area contributed by atoms with Crippen molar-refractivity contribution in [2.24, 2.45) is 0 Å². The van der Waals surface area contributed by atoms with Crippen LogP contribution >= 0.6 is 0 Å². The summed E-state index contributed by atoms with van der Waals surface area (Å²) in [6.07, 6.45) is 0.749. The second-order valence-electron chi connectivity index (χ2n) is 6.72. The molecule has 0 saturated heterocycles.